The first-order valence-electron chi connectivity index (χ1n) is 7.28. The molecular weight excluding hydrogens is 306 g/mol. The average molecular weight is 326 g/mol. The molecule has 5 nitrogen and oxygen atoms in total. The quantitative estimate of drug-likeness (QED) is 0.863. The summed E-state index contributed by atoms with van der Waals surface area (Å²) in [6, 6.07) is 9.01. The van der Waals surface area contributed by atoms with Gasteiger partial charge >= 0.3 is 11.9 Å². The van der Waals surface area contributed by atoms with Crippen LogP contribution in [0.15, 0.2) is 30.3 Å². The molecule has 0 aromatic heterocycles. The zero-order chi connectivity index (χ0) is 15.0. The van der Waals surface area contributed by atoms with Gasteiger partial charge in [0.1, 0.15) is 12.0 Å². The molecule has 2 aliphatic rings. The van der Waals surface area contributed by atoms with E-state index in [9.17, 15) is 14.7 Å². The van der Waals surface area contributed by atoms with E-state index in [0.717, 1.165) is 12.8 Å². The molecule has 2 fully saturated rings. The Morgan fingerprint density at radius 2 is 1.91 bits per heavy atom. The molecule has 1 N–H and O–H groups in total. The summed E-state index contributed by atoms with van der Waals surface area (Å²) in [5, 5.41) is 9.51. The van der Waals surface area contributed by atoms with Crippen molar-refractivity contribution in [2.24, 2.45) is 5.92 Å². The van der Waals surface area contributed by atoms with Gasteiger partial charge in [0.2, 0.25) is 0 Å². The topological polar surface area (TPSA) is 66.8 Å². The predicted molar refractivity (Wildman–Crippen MR) is 83.2 cm³/mol. The summed E-state index contributed by atoms with van der Waals surface area (Å²) in [5.74, 6) is -1.95. The SMILES string of the molecule is CN1[C@@H]2CC[C@@H]1[C@@H](C(=O)O)[C@@H](OC(=O)c1ccccc1)C2.Cl. The van der Waals surface area contributed by atoms with Crippen molar-refractivity contribution in [3.63, 3.8) is 0 Å². The summed E-state index contributed by atoms with van der Waals surface area (Å²) in [6.45, 7) is 0. The highest BCUT2D eigenvalue weighted by Gasteiger charge is 2.50. The molecule has 22 heavy (non-hydrogen) atoms. The van der Waals surface area contributed by atoms with Crippen LogP contribution in [0.1, 0.15) is 29.6 Å². The van der Waals surface area contributed by atoms with Gasteiger partial charge < -0.3 is 9.84 Å². The highest BCUT2D eigenvalue weighted by Crippen LogP contribution is 2.39. The number of piperidine rings is 1. The van der Waals surface area contributed by atoms with E-state index >= 15 is 0 Å². The number of halogens is 1. The van der Waals surface area contributed by atoms with E-state index in [-0.39, 0.29) is 18.4 Å². The molecule has 6 heteroatoms. The molecule has 120 valence electrons. The van der Waals surface area contributed by atoms with Gasteiger partial charge in [0.15, 0.2) is 0 Å². The highest BCUT2D eigenvalue weighted by molar-refractivity contribution is 5.89. The van der Waals surface area contributed by atoms with Crippen molar-refractivity contribution in [2.75, 3.05) is 7.05 Å². The molecule has 4 atom stereocenters. The zero-order valence-corrected chi connectivity index (χ0v) is 13.2. The number of esters is 1. The third-order valence-electron chi connectivity index (χ3n) is 4.77. The molecule has 2 bridgehead atoms. The molecule has 1 aromatic rings. The number of benzene rings is 1. The summed E-state index contributed by atoms with van der Waals surface area (Å²) in [5.41, 5.74) is 0.466. The van der Waals surface area contributed by atoms with Gasteiger partial charge in [-0.25, -0.2) is 4.79 Å². The van der Waals surface area contributed by atoms with Gasteiger partial charge in [-0.3, -0.25) is 9.69 Å². The number of carbonyl (C=O) groups excluding carboxylic acids is 1. The molecule has 0 spiro atoms. The van der Waals surface area contributed by atoms with E-state index in [4.69, 9.17) is 4.74 Å². The van der Waals surface area contributed by atoms with E-state index < -0.39 is 24.0 Å². The number of fused-ring (bicyclic) bond motifs is 2. The molecule has 2 heterocycles. The molecule has 1 aromatic carbocycles. The molecular formula is C16H20ClNO4. The smallest absolute Gasteiger partial charge is 0.338 e. The van der Waals surface area contributed by atoms with E-state index in [1.165, 1.54) is 0 Å². The van der Waals surface area contributed by atoms with Crippen LogP contribution in [0.4, 0.5) is 0 Å². The third kappa shape index (κ3) is 2.96. The summed E-state index contributed by atoms with van der Waals surface area (Å²) >= 11 is 0. The van der Waals surface area contributed by atoms with Gasteiger partial charge in [-0.2, -0.15) is 0 Å². The monoisotopic (exact) mass is 325 g/mol. The zero-order valence-electron chi connectivity index (χ0n) is 12.3. The van der Waals surface area contributed by atoms with Crippen molar-refractivity contribution < 1.29 is 19.4 Å². The van der Waals surface area contributed by atoms with Crippen LogP contribution >= 0.6 is 12.4 Å². The fourth-order valence-electron chi connectivity index (χ4n) is 3.65. The van der Waals surface area contributed by atoms with Crippen LogP contribution in [0, 0.1) is 5.92 Å². The number of hydrogen-bond acceptors (Lipinski definition) is 4. The van der Waals surface area contributed by atoms with Crippen molar-refractivity contribution >= 4 is 24.3 Å². The van der Waals surface area contributed by atoms with E-state index in [1.54, 1.807) is 24.3 Å². The Hall–Kier alpha value is -1.59. The molecule has 0 saturated carbocycles. The third-order valence-corrected chi connectivity index (χ3v) is 4.77. The van der Waals surface area contributed by atoms with Crippen LogP contribution in [-0.2, 0) is 9.53 Å². The van der Waals surface area contributed by atoms with Crippen molar-refractivity contribution in [3.8, 4) is 0 Å². The van der Waals surface area contributed by atoms with Crippen LogP contribution in [0.5, 0.6) is 0 Å². The van der Waals surface area contributed by atoms with Crippen LogP contribution in [0.2, 0.25) is 0 Å². The number of rotatable bonds is 3. The average Bonchev–Trinajstić information content (AvgIpc) is 2.72. The number of ether oxygens (including phenoxy) is 1. The molecule has 0 aliphatic carbocycles. The van der Waals surface area contributed by atoms with Gasteiger partial charge in [-0.05, 0) is 32.0 Å². The molecule has 2 saturated heterocycles. The van der Waals surface area contributed by atoms with Gasteiger partial charge in [0, 0.05) is 18.5 Å². The number of carbonyl (C=O) groups is 2. The first-order valence-corrected chi connectivity index (χ1v) is 7.28. The normalized spacial score (nSPS) is 30.4. The Balaban J connectivity index is 0.00000176. The molecule has 0 amide bonds. The summed E-state index contributed by atoms with van der Waals surface area (Å²) < 4.78 is 5.53. The predicted octanol–water partition coefficient (Wildman–Crippen LogP) is 2.20. The summed E-state index contributed by atoms with van der Waals surface area (Å²) in [4.78, 5) is 25.9. The maximum Gasteiger partial charge on any atom is 0.338 e. The fourth-order valence-corrected chi connectivity index (χ4v) is 3.65. The maximum atomic E-state index is 12.2. The number of hydrogen-bond donors (Lipinski definition) is 1. The van der Waals surface area contributed by atoms with Crippen molar-refractivity contribution in [1.29, 1.82) is 0 Å². The number of aliphatic carboxylic acids is 1. The lowest BCUT2D eigenvalue weighted by Gasteiger charge is -2.40. The lowest BCUT2D eigenvalue weighted by Crippen LogP contribution is -2.53. The minimum atomic E-state index is -0.877. The lowest BCUT2D eigenvalue weighted by atomic mass is 9.87. The number of carboxylic acids is 1. The maximum absolute atomic E-state index is 12.2. The molecule has 0 radical (unpaired) electrons. The number of carboxylic acid groups (broad SMARTS) is 1. The highest BCUT2D eigenvalue weighted by atomic mass is 35.5. The summed E-state index contributed by atoms with van der Waals surface area (Å²) in [7, 11) is 1.97. The first-order chi connectivity index (χ1) is 10.1. The van der Waals surface area contributed by atoms with E-state index in [2.05, 4.69) is 4.90 Å². The van der Waals surface area contributed by atoms with Gasteiger partial charge in [0.05, 0.1) is 5.56 Å². The van der Waals surface area contributed by atoms with Gasteiger partial charge in [-0.1, -0.05) is 18.2 Å². The van der Waals surface area contributed by atoms with Gasteiger partial charge in [-0.15, -0.1) is 12.4 Å². The standard InChI is InChI=1S/C16H19NO4.ClH/c1-17-11-7-8-12(17)14(15(18)19)13(9-11)21-16(20)10-5-3-2-4-6-10;/h2-6,11-14H,7-9H2,1H3,(H,18,19);1H/t11-,12-,13+,14-;/m1./s1. The van der Waals surface area contributed by atoms with E-state index in [0.29, 0.717) is 18.0 Å². The summed E-state index contributed by atoms with van der Waals surface area (Å²) in [6.07, 6.45) is 1.90. The molecule has 0 unspecified atom stereocenters. The fraction of sp³-hybridized carbons (Fsp3) is 0.500. The molecule has 3 rings (SSSR count). The van der Waals surface area contributed by atoms with Crippen LogP contribution < -0.4 is 0 Å². The van der Waals surface area contributed by atoms with Crippen LogP contribution in [0.25, 0.3) is 0 Å². The Morgan fingerprint density at radius 3 is 2.55 bits per heavy atom. The minimum absolute atomic E-state index is 0. The van der Waals surface area contributed by atoms with Crippen molar-refractivity contribution in [3.05, 3.63) is 35.9 Å². The van der Waals surface area contributed by atoms with Gasteiger partial charge in [0.25, 0.3) is 0 Å². The lowest BCUT2D eigenvalue weighted by molar-refractivity contribution is -0.152. The minimum Gasteiger partial charge on any atom is -0.481 e. The molecule has 2 aliphatic heterocycles. The van der Waals surface area contributed by atoms with Crippen molar-refractivity contribution in [2.45, 2.75) is 37.5 Å². The second-order valence-corrected chi connectivity index (χ2v) is 5.87. The van der Waals surface area contributed by atoms with Crippen molar-refractivity contribution in [1.82, 2.24) is 4.90 Å². The first kappa shape index (κ1) is 16.8. The Bertz CT molecular complexity index is 550. The second kappa shape index (κ2) is 6.67. The number of nitrogens with zero attached hydrogens (tertiary/aromatic N) is 1. The Morgan fingerprint density at radius 1 is 1.23 bits per heavy atom. The Kier molecular flexibility index (Phi) is 5.08. The second-order valence-electron chi connectivity index (χ2n) is 5.87. The van der Waals surface area contributed by atoms with E-state index in [1.807, 2.05) is 13.1 Å². The van der Waals surface area contributed by atoms with Crippen LogP contribution in [-0.4, -0.2) is 47.2 Å². The Labute approximate surface area is 135 Å². The largest absolute Gasteiger partial charge is 0.481 e. The van der Waals surface area contributed by atoms with Crippen LogP contribution in [0.3, 0.4) is 0 Å².